The van der Waals surface area contributed by atoms with E-state index in [9.17, 15) is 33.6 Å². The zero-order valence-corrected chi connectivity index (χ0v) is 75.1. The van der Waals surface area contributed by atoms with E-state index in [1.54, 1.807) is 107 Å². The molecule has 13 aromatic rings. The fourth-order valence-electron chi connectivity index (χ4n) is 16.0. The summed E-state index contributed by atoms with van der Waals surface area (Å²) in [6, 6.07) is 31.4. The molecule has 0 atom stereocenters. The molecule has 0 aliphatic carbocycles. The number of thioether (sulfide) groups is 2. The molecule has 11 aromatic heterocycles. The van der Waals surface area contributed by atoms with Crippen LogP contribution in [0.2, 0.25) is 0 Å². The standard InChI is InChI=1S/C32H38N8O3.C30H35N9O2.C17H17N5O3S.C9H10N4OS.HI/c1-4-17-39-29(41)25-22-33-31(36-28(25)40(39)27-8-6-7-26(35-27)30(42)43-5-2)34-23-9-11-24(12-10-23)38-20-15-32(16-21-38)13-18-37(3)19-14-32;1-3-15-38-28(41)23-20-32-29(35-27(23)39(38)25-6-4-5-24(34-25)26(31)40)33-21-7-9-22(10-8-21)37-18-13-30(14-19-37)11-16-36(2)17-12-30;1-4-9-21-15(23)11-10-18-17(26-3)20-14(11)22(21)13-8-6-7-12(19-13)16(24)25-5-2;1-3-4-13-8(14)6-5-10-9(15-2)11-7(6)12-13;/h4,6-12,22H,1,5,13-21H2,2-3H3,(H,33,34,36);3-10,20H,1,11-19H2,2H3,(H2,31,40)(H,32,33,35);4,6-8,10H,1,5,9H2,2-3H3;3,5H,1,4H2,2H3,(H,10,11,12);1H. The number of piperidine rings is 4. The second kappa shape index (κ2) is 40.9. The summed E-state index contributed by atoms with van der Waals surface area (Å²) in [5.74, 6) is 0.0384. The molecule has 4 aliphatic heterocycles. The molecule has 0 unspecified atom stereocenters. The van der Waals surface area contributed by atoms with Crippen LogP contribution in [-0.2, 0) is 35.7 Å². The number of aromatic amines is 1. The molecule has 35 nitrogen and oxygen atoms in total. The van der Waals surface area contributed by atoms with E-state index in [4.69, 9.17) is 20.2 Å². The molecule has 656 valence electrons. The van der Waals surface area contributed by atoms with Crippen LogP contribution in [0.25, 0.3) is 61.6 Å². The SMILES string of the molecule is C=CCn1[nH]c2nc(SC)ncc2c1=O.C=CCn1c(=O)c2cnc(Nc3ccc(N4CCC5(CCN(C)CC5)CC4)cc3)nc2n1-c1cccc(C(=O)OCC)n1.C=CCn1c(=O)c2cnc(Nc3ccc(N4CCC5(CCN(C)CC5)CC4)cc3)nc2n1-c1cccc(C(N)=O)n1.C=CCn1c(=O)c2cnc(SC)nc2n1-c1cccc(C(=O)OCC)n1.I. The minimum atomic E-state index is -0.660. The number of primary amides is 1. The number of esters is 2. The number of nitrogens with zero attached hydrogens (tertiary/aromatic N) is 22. The van der Waals surface area contributed by atoms with Crippen LogP contribution < -0.4 is 48.4 Å². The van der Waals surface area contributed by atoms with Gasteiger partial charge in [0.2, 0.25) is 11.9 Å². The van der Waals surface area contributed by atoms with Crippen molar-refractivity contribution in [3.8, 4) is 17.5 Å². The topological polar surface area (TPSA) is 393 Å². The van der Waals surface area contributed by atoms with Gasteiger partial charge in [0.05, 0.1) is 39.4 Å². The molecule has 5 N–H and O–H groups in total. The number of hydrogen-bond acceptors (Lipinski definition) is 28. The highest BCUT2D eigenvalue weighted by Crippen LogP contribution is 2.44. The Morgan fingerprint density at radius 1 is 0.452 bits per heavy atom. The van der Waals surface area contributed by atoms with Crippen LogP contribution in [0.5, 0.6) is 0 Å². The maximum atomic E-state index is 13.3. The largest absolute Gasteiger partial charge is 0.461 e. The monoisotopic (exact) mass is 1860 g/mol. The number of fused-ring (bicyclic) bond motifs is 4. The second-order valence-corrected chi connectivity index (χ2v) is 32.3. The lowest BCUT2D eigenvalue weighted by atomic mass is 9.71. The van der Waals surface area contributed by atoms with Gasteiger partial charge in [-0.05, 0) is 214 Å². The molecule has 4 aliphatic rings. The fourth-order valence-corrected chi connectivity index (χ4v) is 16.6. The second-order valence-electron chi connectivity index (χ2n) is 30.7. The average Bonchev–Trinajstić information content (AvgIpc) is 1.64. The Kier molecular flexibility index (Phi) is 29.5. The average molecular weight is 1860 g/mol. The number of nitrogens with one attached hydrogen (secondary N) is 3. The number of likely N-dealkylation sites (tertiary alicyclic amines) is 2. The Hall–Kier alpha value is -12.8. The maximum Gasteiger partial charge on any atom is 0.356 e. The Balaban J connectivity index is 0.000000152. The first-order chi connectivity index (χ1) is 60.6. The number of halogens is 1. The number of ether oxygens (including phenoxy) is 2. The molecule has 17 rings (SSSR count). The fraction of sp³-hybridized carbons (Fsp3) is 0.341. The van der Waals surface area contributed by atoms with Gasteiger partial charge in [-0.15, -0.1) is 50.3 Å². The van der Waals surface area contributed by atoms with Gasteiger partial charge >= 0.3 is 11.9 Å². The third-order valence-electron chi connectivity index (χ3n) is 22.9. The molecule has 15 heterocycles. The summed E-state index contributed by atoms with van der Waals surface area (Å²) in [6.07, 6.45) is 26.5. The van der Waals surface area contributed by atoms with Gasteiger partial charge in [-0.3, -0.25) is 29.1 Å². The Morgan fingerprint density at radius 3 is 1.17 bits per heavy atom. The molecule has 4 saturated heterocycles. The van der Waals surface area contributed by atoms with Crippen LogP contribution >= 0.6 is 47.5 Å². The van der Waals surface area contributed by atoms with Crippen LogP contribution in [0.3, 0.4) is 0 Å². The van der Waals surface area contributed by atoms with E-state index in [0.717, 1.165) is 37.6 Å². The van der Waals surface area contributed by atoms with Gasteiger partial charge in [0.25, 0.3) is 28.1 Å². The summed E-state index contributed by atoms with van der Waals surface area (Å²) in [5, 5.41) is 12.2. The third-order valence-corrected chi connectivity index (χ3v) is 24.0. The van der Waals surface area contributed by atoms with Crippen molar-refractivity contribution in [2.75, 3.05) is 113 Å². The number of anilines is 6. The van der Waals surface area contributed by atoms with Crippen molar-refractivity contribution in [3.05, 3.63) is 237 Å². The molecular weight excluding hydrogens is 1760 g/mol. The molecule has 38 heteroatoms. The zero-order valence-electron chi connectivity index (χ0n) is 71.1. The van der Waals surface area contributed by atoms with Gasteiger partial charge in [-0.25, -0.2) is 87.2 Å². The first kappa shape index (κ1) is 90.9. The van der Waals surface area contributed by atoms with Crippen LogP contribution in [0.1, 0.15) is 96.7 Å². The predicted molar refractivity (Wildman–Crippen MR) is 502 cm³/mol. The number of benzene rings is 2. The number of pyridine rings is 3. The van der Waals surface area contributed by atoms with E-state index in [1.165, 1.54) is 156 Å². The third kappa shape index (κ3) is 20.1. The lowest BCUT2D eigenvalue weighted by Crippen LogP contribution is -2.46. The normalized spacial score (nSPS) is 14.8. The minimum Gasteiger partial charge on any atom is -0.461 e. The van der Waals surface area contributed by atoms with E-state index >= 15 is 0 Å². The number of carbonyl (C=O) groups is 3. The number of carbonyl (C=O) groups excluding carboxylic acids is 3. The van der Waals surface area contributed by atoms with E-state index in [0.29, 0.717) is 101 Å². The summed E-state index contributed by atoms with van der Waals surface area (Å²) in [5.41, 5.74) is 11.8. The number of H-pyrrole nitrogens is 1. The summed E-state index contributed by atoms with van der Waals surface area (Å²) < 4.78 is 20.7. The van der Waals surface area contributed by atoms with Crippen LogP contribution in [0.4, 0.5) is 34.6 Å². The van der Waals surface area contributed by atoms with Crippen molar-refractivity contribution < 1.29 is 23.9 Å². The van der Waals surface area contributed by atoms with Crippen molar-refractivity contribution in [3.63, 3.8) is 0 Å². The highest BCUT2D eigenvalue weighted by atomic mass is 127. The molecule has 0 radical (unpaired) electrons. The van der Waals surface area contributed by atoms with Crippen molar-refractivity contribution in [2.45, 2.75) is 102 Å². The first-order valence-electron chi connectivity index (χ1n) is 41.2. The molecule has 0 saturated carbocycles. The number of allylic oxidation sites excluding steroid dienone is 4. The molecule has 0 bridgehead atoms. The summed E-state index contributed by atoms with van der Waals surface area (Å²) in [7, 11) is 4.45. The summed E-state index contributed by atoms with van der Waals surface area (Å²) >= 11 is 2.81. The first-order valence-corrected chi connectivity index (χ1v) is 43.7. The van der Waals surface area contributed by atoms with E-state index in [2.05, 4.69) is 150 Å². The van der Waals surface area contributed by atoms with Crippen LogP contribution in [0, 0.1) is 10.8 Å². The lowest BCUT2D eigenvalue weighted by molar-refractivity contribution is 0.0510. The highest BCUT2D eigenvalue weighted by Gasteiger charge is 2.39. The number of aromatic nitrogens is 19. The number of nitrogens with two attached hydrogens (primary N) is 1. The van der Waals surface area contributed by atoms with Gasteiger partial charge in [0.15, 0.2) is 61.7 Å². The number of rotatable bonds is 24. The Morgan fingerprint density at radius 2 is 0.802 bits per heavy atom. The molecule has 126 heavy (non-hydrogen) atoms. The minimum absolute atomic E-state index is 0. The summed E-state index contributed by atoms with van der Waals surface area (Å²) in [4.78, 5) is 145. The van der Waals surface area contributed by atoms with E-state index in [1.807, 2.05) is 36.8 Å². The van der Waals surface area contributed by atoms with E-state index < -0.39 is 17.8 Å². The van der Waals surface area contributed by atoms with Crippen molar-refractivity contribution in [2.24, 2.45) is 16.6 Å². The van der Waals surface area contributed by atoms with Crippen LogP contribution in [0.15, 0.2) is 208 Å². The maximum absolute atomic E-state index is 13.3. The Labute approximate surface area is 751 Å². The molecule has 2 aromatic carbocycles. The van der Waals surface area contributed by atoms with E-state index in [-0.39, 0.29) is 96.1 Å². The van der Waals surface area contributed by atoms with Gasteiger partial charge in [-0.2, -0.15) is 9.97 Å². The zero-order chi connectivity index (χ0) is 88.1. The van der Waals surface area contributed by atoms with Crippen molar-refractivity contribution in [1.29, 1.82) is 0 Å². The molecular formula is C88H101IN26O9S2. The lowest BCUT2D eigenvalue weighted by Gasteiger charge is -2.46. The smallest absolute Gasteiger partial charge is 0.356 e. The van der Waals surface area contributed by atoms with Gasteiger partial charge in [-0.1, -0.05) is 66.0 Å². The Bertz CT molecular complexity index is 6400. The van der Waals surface area contributed by atoms with Gasteiger partial charge < -0.3 is 45.4 Å². The summed E-state index contributed by atoms with van der Waals surface area (Å²) in [6.45, 7) is 29.1. The number of hydrogen-bond donors (Lipinski definition) is 4. The van der Waals surface area contributed by atoms with Gasteiger partial charge in [0, 0.05) is 73.7 Å². The quantitative estimate of drug-likeness (QED) is 0.0143. The highest BCUT2D eigenvalue weighted by molar-refractivity contribution is 14.0. The van der Waals surface area contributed by atoms with Crippen molar-refractivity contribution >= 4 is 144 Å². The predicted octanol–water partition coefficient (Wildman–Crippen LogP) is 11.4. The number of amides is 1. The van der Waals surface area contributed by atoms with Crippen molar-refractivity contribution in [1.82, 2.24) is 102 Å². The van der Waals surface area contributed by atoms with Crippen LogP contribution in [-0.4, -0.2) is 213 Å². The molecule has 1 amide bonds. The van der Waals surface area contributed by atoms with Gasteiger partial charge in [0.1, 0.15) is 27.2 Å². The molecule has 4 fully saturated rings. The molecule has 2 spiro atoms.